The molecule has 0 spiro atoms. The molecule has 1 aromatic heterocycles. The molecule has 0 aliphatic carbocycles. The minimum atomic E-state index is 0.281. The van der Waals surface area contributed by atoms with Gasteiger partial charge < -0.3 is 17.3 Å². The van der Waals surface area contributed by atoms with Gasteiger partial charge in [0.05, 0.1) is 0 Å². The SMILES string of the molecule is Nc1c(-c2ccccc2)nn(N)c1N. The Morgan fingerprint density at radius 1 is 1.07 bits per heavy atom. The molecule has 0 atom stereocenters. The molecule has 14 heavy (non-hydrogen) atoms. The van der Waals surface area contributed by atoms with Crippen molar-refractivity contribution in [3.63, 3.8) is 0 Å². The number of nitrogens with zero attached hydrogens (tertiary/aromatic N) is 2. The minimum Gasteiger partial charge on any atom is -0.394 e. The number of nitrogen functional groups attached to an aromatic ring is 3. The summed E-state index contributed by atoms with van der Waals surface area (Å²) in [6.45, 7) is 0. The van der Waals surface area contributed by atoms with Gasteiger partial charge in [-0.05, 0) is 0 Å². The Kier molecular flexibility index (Phi) is 1.78. The van der Waals surface area contributed by atoms with E-state index in [4.69, 9.17) is 17.3 Å². The predicted molar refractivity (Wildman–Crippen MR) is 56.6 cm³/mol. The Hall–Kier alpha value is -2.17. The van der Waals surface area contributed by atoms with E-state index in [-0.39, 0.29) is 5.82 Å². The fourth-order valence-electron chi connectivity index (χ4n) is 1.27. The van der Waals surface area contributed by atoms with Crippen LogP contribution in [0.2, 0.25) is 0 Å². The van der Waals surface area contributed by atoms with Crippen molar-refractivity contribution in [1.29, 1.82) is 0 Å². The van der Waals surface area contributed by atoms with Gasteiger partial charge in [-0.15, -0.1) is 5.10 Å². The molecule has 6 N–H and O–H groups in total. The van der Waals surface area contributed by atoms with E-state index < -0.39 is 0 Å². The molecule has 0 aliphatic rings. The summed E-state index contributed by atoms with van der Waals surface area (Å²) in [5, 5.41) is 4.02. The third-order valence-corrected chi connectivity index (χ3v) is 2.03. The summed E-state index contributed by atoms with van der Waals surface area (Å²) >= 11 is 0. The molecule has 0 bridgehead atoms. The molecule has 5 heteroatoms. The molecule has 0 saturated carbocycles. The van der Waals surface area contributed by atoms with Crippen LogP contribution >= 0.6 is 0 Å². The van der Waals surface area contributed by atoms with Gasteiger partial charge >= 0.3 is 0 Å². The van der Waals surface area contributed by atoms with E-state index in [0.29, 0.717) is 11.4 Å². The summed E-state index contributed by atoms with van der Waals surface area (Å²) in [4.78, 5) is 1.08. The number of hydrogen-bond donors (Lipinski definition) is 3. The highest BCUT2D eigenvalue weighted by Crippen LogP contribution is 2.27. The van der Waals surface area contributed by atoms with Gasteiger partial charge in [0.25, 0.3) is 0 Å². The van der Waals surface area contributed by atoms with Crippen LogP contribution in [-0.2, 0) is 0 Å². The second kappa shape index (κ2) is 2.95. The molecule has 0 fully saturated rings. The first-order valence-corrected chi connectivity index (χ1v) is 4.14. The highest BCUT2D eigenvalue weighted by Gasteiger charge is 2.11. The number of rotatable bonds is 1. The molecular weight excluding hydrogens is 178 g/mol. The highest BCUT2D eigenvalue weighted by atomic mass is 15.5. The van der Waals surface area contributed by atoms with Crippen molar-refractivity contribution < 1.29 is 0 Å². The van der Waals surface area contributed by atoms with Crippen LogP contribution in [0.15, 0.2) is 30.3 Å². The van der Waals surface area contributed by atoms with E-state index in [1.165, 1.54) is 0 Å². The number of benzene rings is 1. The lowest BCUT2D eigenvalue weighted by molar-refractivity contribution is 0.847. The van der Waals surface area contributed by atoms with E-state index in [1.807, 2.05) is 30.3 Å². The second-order valence-corrected chi connectivity index (χ2v) is 2.96. The molecule has 1 aromatic carbocycles. The summed E-state index contributed by atoms with van der Waals surface area (Å²) in [6.07, 6.45) is 0. The van der Waals surface area contributed by atoms with Gasteiger partial charge in [0.15, 0.2) is 5.82 Å². The Bertz CT molecular complexity index is 446. The Balaban J connectivity index is 2.58. The molecule has 0 amide bonds. The first-order valence-electron chi connectivity index (χ1n) is 4.14. The maximum atomic E-state index is 5.75. The topological polar surface area (TPSA) is 95.9 Å². The maximum Gasteiger partial charge on any atom is 0.168 e. The van der Waals surface area contributed by atoms with Gasteiger partial charge in [-0.25, -0.2) is 0 Å². The first-order chi connectivity index (χ1) is 6.70. The summed E-state index contributed by atoms with van der Waals surface area (Å²) in [5.74, 6) is 5.76. The van der Waals surface area contributed by atoms with E-state index in [0.717, 1.165) is 10.4 Å². The van der Waals surface area contributed by atoms with Gasteiger partial charge in [0, 0.05) is 5.56 Å². The molecule has 1 heterocycles. The van der Waals surface area contributed by atoms with Crippen molar-refractivity contribution in [2.24, 2.45) is 0 Å². The fourth-order valence-corrected chi connectivity index (χ4v) is 1.27. The lowest BCUT2D eigenvalue weighted by Gasteiger charge is -1.96. The number of nitrogens with two attached hydrogens (primary N) is 3. The van der Waals surface area contributed by atoms with Crippen molar-refractivity contribution in [2.75, 3.05) is 17.3 Å². The van der Waals surface area contributed by atoms with Crippen molar-refractivity contribution in [1.82, 2.24) is 9.89 Å². The fraction of sp³-hybridized carbons (Fsp3) is 0. The lowest BCUT2D eigenvalue weighted by Crippen LogP contribution is -2.13. The maximum absolute atomic E-state index is 5.75. The Morgan fingerprint density at radius 3 is 2.21 bits per heavy atom. The number of anilines is 2. The van der Waals surface area contributed by atoms with Crippen LogP contribution in [0.25, 0.3) is 11.3 Å². The Morgan fingerprint density at radius 2 is 1.71 bits per heavy atom. The zero-order valence-electron chi connectivity index (χ0n) is 7.51. The third kappa shape index (κ3) is 1.15. The summed E-state index contributed by atoms with van der Waals surface area (Å²) in [6, 6.07) is 9.53. The van der Waals surface area contributed by atoms with Gasteiger partial charge in [-0.3, -0.25) is 0 Å². The summed E-state index contributed by atoms with van der Waals surface area (Å²) in [5.41, 5.74) is 13.3. The summed E-state index contributed by atoms with van der Waals surface area (Å²) in [7, 11) is 0. The lowest BCUT2D eigenvalue weighted by atomic mass is 10.1. The molecule has 0 saturated heterocycles. The van der Waals surface area contributed by atoms with Crippen molar-refractivity contribution in [3.8, 4) is 11.3 Å². The van der Waals surface area contributed by atoms with Gasteiger partial charge in [-0.1, -0.05) is 30.3 Å². The molecule has 0 radical (unpaired) electrons. The van der Waals surface area contributed by atoms with Crippen LogP contribution in [-0.4, -0.2) is 9.89 Å². The van der Waals surface area contributed by atoms with Gasteiger partial charge in [-0.2, -0.15) is 4.79 Å². The van der Waals surface area contributed by atoms with Crippen molar-refractivity contribution in [3.05, 3.63) is 30.3 Å². The predicted octanol–water partition coefficient (Wildman–Crippen LogP) is 0.428. The summed E-state index contributed by atoms with van der Waals surface area (Å²) < 4.78 is 0. The van der Waals surface area contributed by atoms with Gasteiger partial charge in [0.1, 0.15) is 11.4 Å². The Labute approximate surface area is 81.1 Å². The number of aromatic nitrogens is 2. The molecular formula is C9H11N5. The third-order valence-electron chi connectivity index (χ3n) is 2.03. The monoisotopic (exact) mass is 189 g/mol. The van der Waals surface area contributed by atoms with Crippen molar-refractivity contribution in [2.45, 2.75) is 0 Å². The van der Waals surface area contributed by atoms with Crippen LogP contribution in [0, 0.1) is 0 Å². The second-order valence-electron chi connectivity index (χ2n) is 2.96. The van der Waals surface area contributed by atoms with E-state index in [1.54, 1.807) is 0 Å². The molecule has 2 rings (SSSR count). The normalized spacial score (nSPS) is 10.3. The minimum absolute atomic E-state index is 0.281. The zero-order chi connectivity index (χ0) is 10.1. The molecule has 2 aromatic rings. The van der Waals surface area contributed by atoms with Crippen LogP contribution in [0.3, 0.4) is 0 Å². The van der Waals surface area contributed by atoms with E-state index in [2.05, 4.69) is 5.10 Å². The largest absolute Gasteiger partial charge is 0.394 e. The molecule has 72 valence electrons. The zero-order valence-corrected chi connectivity index (χ0v) is 7.51. The first kappa shape index (κ1) is 8.43. The number of hydrogen-bond acceptors (Lipinski definition) is 4. The molecule has 5 nitrogen and oxygen atoms in total. The average molecular weight is 189 g/mol. The molecule has 0 aliphatic heterocycles. The van der Waals surface area contributed by atoms with Crippen LogP contribution < -0.4 is 17.3 Å². The highest BCUT2D eigenvalue weighted by molar-refractivity contribution is 5.80. The quantitative estimate of drug-likeness (QED) is 0.567. The van der Waals surface area contributed by atoms with E-state index in [9.17, 15) is 0 Å². The standard InChI is InChI=1S/C9H11N5/c10-7-8(13-14(12)9(7)11)6-4-2-1-3-5-6/h1-5H,10-12H2. The van der Waals surface area contributed by atoms with Crippen molar-refractivity contribution >= 4 is 11.5 Å². The van der Waals surface area contributed by atoms with Gasteiger partial charge in [0.2, 0.25) is 0 Å². The average Bonchev–Trinajstić information content (AvgIpc) is 2.47. The van der Waals surface area contributed by atoms with E-state index >= 15 is 0 Å². The van der Waals surface area contributed by atoms with Crippen LogP contribution in [0.4, 0.5) is 11.5 Å². The smallest absolute Gasteiger partial charge is 0.168 e. The van der Waals surface area contributed by atoms with Crippen LogP contribution in [0.1, 0.15) is 0 Å². The molecule has 0 unspecified atom stereocenters. The van der Waals surface area contributed by atoms with Crippen LogP contribution in [0.5, 0.6) is 0 Å².